The first kappa shape index (κ1) is 20.2. The second-order valence-electron chi connectivity index (χ2n) is 6.24. The Balaban J connectivity index is 1.61. The number of amides is 1. The van der Waals surface area contributed by atoms with Gasteiger partial charge in [-0.25, -0.2) is 12.8 Å². The van der Waals surface area contributed by atoms with Gasteiger partial charge in [-0.05, 0) is 55.5 Å². The lowest BCUT2D eigenvalue weighted by atomic mass is 10.3. The standard InChI is InChI=1S/C19H21FN2O5S/c1-14(27-17-6-2-15(20)3-7-17)19(23)21-16-4-8-18(9-5-16)28(24,25)22-10-12-26-13-11-22/h2-9,14H,10-13H2,1H3,(H,21,23)/t14-/m0/s1. The second-order valence-corrected chi connectivity index (χ2v) is 8.18. The van der Waals surface area contributed by atoms with Gasteiger partial charge in [-0.3, -0.25) is 4.79 Å². The fraction of sp³-hybridized carbons (Fsp3) is 0.316. The van der Waals surface area contributed by atoms with Gasteiger partial charge < -0.3 is 14.8 Å². The summed E-state index contributed by atoms with van der Waals surface area (Å²) in [6, 6.07) is 11.3. The molecule has 1 N–H and O–H groups in total. The molecule has 28 heavy (non-hydrogen) atoms. The number of ether oxygens (including phenoxy) is 2. The zero-order chi connectivity index (χ0) is 20.1. The molecule has 1 heterocycles. The lowest BCUT2D eigenvalue weighted by Crippen LogP contribution is -2.40. The van der Waals surface area contributed by atoms with Crippen molar-refractivity contribution in [2.75, 3.05) is 31.6 Å². The van der Waals surface area contributed by atoms with Gasteiger partial charge in [0.2, 0.25) is 10.0 Å². The number of hydrogen-bond acceptors (Lipinski definition) is 5. The number of anilines is 1. The van der Waals surface area contributed by atoms with Gasteiger partial charge >= 0.3 is 0 Å². The van der Waals surface area contributed by atoms with Crippen molar-refractivity contribution in [3.05, 3.63) is 54.3 Å². The van der Waals surface area contributed by atoms with E-state index in [1.807, 2.05) is 0 Å². The molecule has 0 aliphatic carbocycles. The third-order valence-electron chi connectivity index (χ3n) is 4.23. The van der Waals surface area contributed by atoms with Crippen LogP contribution in [-0.4, -0.2) is 51.0 Å². The van der Waals surface area contributed by atoms with Crippen LogP contribution in [0.15, 0.2) is 53.4 Å². The van der Waals surface area contributed by atoms with Crippen molar-refractivity contribution >= 4 is 21.6 Å². The topological polar surface area (TPSA) is 84.9 Å². The molecule has 0 unspecified atom stereocenters. The van der Waals surface area contributed by atoms with Crippen LogP contribution in [0.3, 0.4) is 0 Å². The fourth-order valence-corrected chi connectivity index (χ4v) is 4.07. The Hall–Kier alpha value is -2.49. The van der Waals surface area contributed by atoms with Crippen LogP contribution in [0.1, 0.15) is 6.92 Å². The first-order chi connectivity index (χ1) is 13.4. The Bertz CT molecular complexity index is 910. The predicted molar refractivity (Wildman–Crippen MR) is 101 cm³/mol. The van der Waals surface area contributed by atoms with Crippen molar-refractivity contribution in [2.45, 2.75) is 17.9 Å². The number of morpholine rings is 1. The molecular formula is C19H21FN2O5S. The maximum absolute atomic E-state index is 12.9. The first-order valence-corrected chi connectivity index (χ1v) is 10.2. The van der Waals surface area contributed by atoms with Crippen LogP contribution in [0.25, 0.3) is 0 Å². The highest BCUT2D eigenvalue weighted by Crippen LogP contribution is 2.20. The summed E-state index contributed by atoms with van der Waals surface area (Å²) < 4.78 is 50.1. The molecule has 0 saturated carbocycles. The van der Waals surface area contributed by atoms with Crippen LogP contribution in [0.2, 0.25) is 0 Å². The zero-order valence-corrected chi connectivity index (χ0v) is 16.1. The van der Waals surface area contributed by atoms with Gasteiger partial charge in [0.15, 0.2) is 6.10 Å². The number of benzene rings is 2. The molecule has 1 aliphatic heterocycles. The average Bonchev–Trinajstić information content (AvgIpc) is 2.70. The van der Waals surface area contributed by atoms with Gasteiger partial charge in [0, 0.05) is 18.8 Å². The summed E-state index contributed by atoms with van der Waals surface area (Å²) in [5, 5.41) is 2.67. The Morgan fingerprint density at radius 1 is 1.11 bits per heavy atom. The van der Waals surface area contributed by atoms with E-state index in [4.69, 9.17) is 9.47 Å². The van der Waals surface area contributed by atoms with Crippen molar-refractivity contribution in [3.63, 3.8) is 0 Å². The van der Waals surface area contributed by atoms with E-state index < -0.39 is 27.9 Å². The van der Waals surface area contributed by atoms with Crippen molar-refractivity contribution < 1.29 is 27.1 Å². The minimum atomic E-state index is -3.58. The number of halogens is 1. The maximum Gasteiger partial charge on any atom is 0.265 e. The predicted octanol–water partition coefficient (Wildman–Crippen LogP) is 2.25. The van der Waals surface area contributed by atoms with E-state index >= 15 is 0 Å². The number of hydrogen-bond donors (Lipinski definition) is 1. The minimum absolute atomic E-state index is 0.156. The third-order valence-corrected chi connectivity index (χ3v) is 6.14. The Morgan fingerprint density at radius 3 is 2.32 bits per heavy atom. The Kier molecular flexibility index (Phi) is 6.28. The number of nitrogens with one attached hydrogen (secondary N) is 1. The molecule has 0 spiro atoms. The van der Waals surface area contributed by atoms with Crippen LogP contribution in [0.4, 0.5) is 10.1 Å². The molecule has 2 aromatic carbocycles. The lowest BCUT2D eigenvalue weighted by molar-refractivity contribution is -0.122. The molecule has 7 nitrogen and oxygen atoms in total. The van der Waals surface area contributed by atoms with E-state index in [9.17, 15) is 17.6 Å². The molecule has 2 aromatic rings. The maximum atomic E-state index is 12.9. The van der Waals surface area contributed by atoms with Crippen LogP contribution < -0.4 is 10.1 Å². The number of rotatable bonds is 6. The molecule has 1 aliphatic rings. The van der Waals surface area contributed by atoms with E-state index in [0.717, 1.165) is 0 Å². The molecule has 0 bridgehead atoms. The smallest absolute Gasteiger partial charge is 0.265 e. The van der Waals surface area contributed by atoms with Crippen molar-refractivity contribution in [3.8, 4) is 5.75 Å². The summed E-state index contributed by atoms with van der Waals surface area (Å²) in [4.78, 5) is 12.4. The van der Waals surface area contributed by atoms with E-state index in [1.54, 1.807) is 6.92 Å². The van der Waals surface area contributed by atoms with E-state index in [0.29, 0.717) is 37.7 Å². The van der Waals surface area contributed by atoms with Gasteiger partial charge in [-0.2, -0.15) is 4.31 Å². The Morgan fingerprint density at radius 2 is 1.71 bits per heavy atom. The summed E-state index contributed by atoms with van der Waals surface area (Å²) in [6.45, 7) is 2.95. The van der Waals surface area contributed by atoms with Gasteiger partial charge in [0.05, 0.1) is 18.1 Å². The van der Waals surface area contributed by atoms with Crippen LogP contribution in [0.5, 0.6) is 5.75 Å². The monoisotopic (exact) mass is 408 g/mol. The third kappa shape index (κ3) is 4.86. The molecule has 150 valence electrons. The molecule has 1 saturated heterocycles. The van der Waals surface area contributed by atoms with Gasteiger partial charge in [-0.1, -0.05) is 0 Å². The highest BCUT2D eigenvalue weighted by Gasteiger charge is 2.26. The summed E-state index contributed by atoms with van der Waals surface area (Å²) in [5.74, 6) is -0.430. The second kappa shape index (κ2) is 8.68. The quantitative estimate of drug-likeness (QED) is 0.793. The molecule has 1 fully saturated rings. The molecule has 0 radical (unpaired) electrons. The molecular weight excluding hydrogens is 387 g/mol. The van der Waals surface area contributed by atoms with Crippen LogP contribution in [0, 0.1) is 5.82 Å². The highest BCUT2D eigenvalue weighted by atomic mass is 32.2. The normalized spacial score (nSPS) is 16.4. The summed E-state index contributed by atoms with van der Waals surface area (Å²) in [7, 11) is -3.58. The van der Waals surface area contributed by atoms with Crippen LogP contribution in [-0.2, 0) is 19.6 Å². The summed E-state index contributed by atoms with van der Waals surface area (Å²) >= 11 is 0. The van der Waals surface area contributed by atoms with E-state index in [2.05, 4.69) is 5.32 Å². The highest BCUT2D eigenvalue weighted by molar-refractivity contribution is 7.89. The van der Waals surface area contributed by atoms with Crippen LogP contribution >= 0.6 is 0 Å². The van der Waals surface area contributed by atoms with E-state index in [1.165, 1.54) is 52.8 Å². The molecule has 0 aromatic heterocycles. The van der Waals surface area contributed by atoms with Gasteiger partial charge in [0.1, 0.15) is 11.6 Å². The van der Waals surface area contributed by atoms with Gasteiger partial charge in [0.25, 0.3) is 5.91 Å². The average molecular weight is 408 g/mol. The molecule has 3 rings (SSSR count). The molecule has 9 heteroatoms. The number of carbonyl (C=O) groups is 1. The summed E-state index contributed by atoms with van der Waals surface area (Å²) in [5.41, 5.74) is 0.445. The SMILES string of the molecule is C[C@H](Oc1ccc(F)cc1)C(=O)Nc1ccc(S(=O)(=O)N2CCOCC2)cc1. The minimum Gasteiger partial charge on any atom is -0.481 e. The van der Waals surface area contributed by atoms with Crippen molar-refractivity contribution in [2.24, 2.45) is 0 Å². The molecule has 1 atom stereocenters. The first-order valence-electron chi connectivity index (χ1n) is 8.77. The number of nitrogens with zero attached hydrogens (tertiary/aromatic N) is 1. The number of carbonyl (C=O) groups excluding carboxylic acids is 1. The molecule has 1 amide bonds. The van der Waals surface area contributed by atoms with Crippen molar-refractivity contribution in [1.82, 2.24) is 4.31 Å². The van der Waals surface area contributed by atoms with Gasteiger partial charge in [-0.15, -0.1) is 0 Å². The largest absolute Gasteiger partial charge is 0.481 e. The van der Waals surface area contributed by atoms with Crippen molar-refractivity contribution in [1.29, 1.82) is 0 Å². The van der Waals surface area contributed by atoms with E-state index in [-0.39, 0.29) is 4.90 Å². The number of sulfonamides is 1. The fourth-order valence-electron chi connectivity index (χ4n) is 2.66. The lowest BCUT2D eigenvalue weighted by Gasteiger charge is -2.26. The Labute approximate surface area is 163 Å². The summed E-state index contributed by atoms with van der Waals surface area (Å²) in [6.07, 6.45) is -0.817. The zero-order valence-electron chi connectivity index (χ0n) is 15.3.